The minimum Gasteiger partial charge on any atom is -0.462 e. The Kier molecular flexibility index (Phi) is 7.87. The van der Waals surface area contributed by atoms with Gasteiger partial charge >= 0.3 is 13.1 Å². The first-order chi connectivity index (χ1) is 12.8. The molecular formula is C22H31BO4. The third-order valence-corrected chi connectivity index (χ3v) is 5.04. The zero-order chi connectivity index (χ0) is 19.8. The molecule has 1 saturated heterocycles. The monoisotopic (exact) mass is 370 g/mol. The van der Waals surface area contributed by atoms with Gasteiger partial charge in [0.25, 0.3) is 0 Å². The topological polar surface area (TPSA) is 44.8 Å². The molecule has 1 aliphatic rings. The van der Waals surface area contributed by atoms with E-state index in [9.17, 15) is 4.79 Å². The third kappa shape index (κ3) is 6.67. The van der Waals surface area contributed by atoms with Crippen molar-refractivity contribution in [3.63, 3.8) is 0 Å². The van der Waals surface area contributed by atoms with Crippen molar-refractivity contribution >= 4 is 13.1 Å². The first kappa shape index (κ1) is 21.5. The summed E-state index contributed by atoms with van der Waals surface area (Å²) < 4.78 is 17.1. The van der Waals surface area contributed by atoms with Crippen molar-refractivity contribution < 1.29 is 18.8 Å². The Morgan fingerprint density at radius 2 is 1.67 bits per heavy atom. The summed E-state index contributed by atoms with van der Waals surface area (Å²) in [5.74, 6) is 1.69. The van der Waals surface area contributed by atoms with Gasteiger partial charge in [0, 0.05) is 0 Å². The Hall–Kier alpha value is -1.85. The maximum absolute atomic E-state index is 11.8. The van der Waals surface area contributed by atoms with Gasteiger partial charge in [0.1, 0.15) is 0 Å². The summed E-state index contributed by atoms with van der Waals surface area (Å²) in [5, 5.41) is 0. The third-order valence-electron chi connectivity index (χ3n) is 5.04. The van der Waals surface area contributed by atoms with E-state index >= 15 is 0 Å². The molecule has 1 heterocycles. The number of hydrogen-bond donors (Lipinski definition) is 0. The van der Waals surface area contributed by atoms with Crippen LogP contribution in [0.2, 0.25) is 0 Å². The molecule has 0 amide bonds. The van der Waals surface area contributed by atoms with Crippen LogP contribution < -0.4 is 0 Å². The van der Waals surface area contributed by atoms with Gasteiger partial charge in [0.15, 0.2) is 0 Å². The van der Waals surface area contributed by atoms with Gasteiger partial charge in [0.2, 0.25) is 0 Å². The number of hydrogen-bond acceptors (Lipinski definition) is 4. The van der Waals surface area contributed by atoms with Gasteiger partial charge in [-0.3, -0.25) is 0 Å². The molecule has 0 aliphatic carbocycles. The van der Waals surface area contributed by atoms with Crippen LogP contribution in [0.25, 0.3) is 0 Å². The number of allylic oxidation sites excluding steroid dienone is 3. The van der Waals surface area contributed by atoms with Gasteiger partial charge in [-0.2, -0.15) is 0 Å². The summed E-state index contributed by atoms with van der Waals surface area (Å²) >= 11 is 0. The van der Waals surface area contributed by atoms with Crippen molar-refractivity contribution in [3.8, 4) is 0 Å². The van der Waals surface area contributed by atoms with Gasteiger partial charge < -0.3 is 14.0 Å². The summed E-state index contributed by atoms with van der Waals surface area (Å²) in [6.07, 6.45) is 10.1. The minimum atomic E-state index is -0.296. The highest BCUT2D eigenvalue weighted by molar-refractivity contribution is 6.51. The number of ether oxygens (including phenoxy) is 1. The summed E-state index contributed by atoms with van der Waals surface area (Å²) in [5.41, 5.74) is 0.0139. The normalized spacial score (nSPS) is 18.4. The van der Waals surface area contributed by atoms with E-state index in [1.165, 1.54) is 0 Å². The number of carbonyl (C=O) groups is 1. The number of benzene rings is 1. The van der Waals surface area contributed by atoms with E-state index in [0.717, 1.165) is 25.7 Å². The second kappa shape index (κ2) is 9.91. The molecular weight excluding hydrogens is 339 g/mol. The average molecular weight is 370 g/mol. The Bertz CT molecular complexity index is 634. The predicted molar refractivity (Wildman–Crippen MR) is 110 cm³/mol. The van der Waals surface area contributed by atoms with Crippen LogP contribution in [-0.2, 0) is 14.0 Å². The quantitative estimate of drug-likeness (QED) is 0.261. The van der Waals surface area contributed by atoms with Crippen LogP contribution in [0.15, 0.2) is 54.5 Å². The van der Waals surface area contributed by atoms with E-state index in [1.807, 2.05) is 64.0 Å². The lowest BCUT2D eigenvalue weighted by molar-refractivity contribution is 0.00578. The van der Waals surface area contributed by atoms with E-state index in [4.69, 9.17) is 14.0 Å². The second-order valence-electron chi connectivity index (χ2n) is 7.79. The van der Waals surface area contributed by atoms with Crippen LogP contribution in [0.3, 0.4) is 0 Å². The van der Waals surface area contributed by atoms with Crippen molar-refractivity contribution in [2.75, 3.05) is 6.61 Å². The van der Waals surface area contributed by atoms with Crippen LogP contribution in [-0.4, -0.2) is 30.9 Å². The molecule has 0 bridgehead atoms. The molecule has 1 aromatic carbocycles. The zero-order valence-corrected chi connectivity index (χ0v) is 16.9. The maximum Gasteiger partial charge on any atom is 0.487 e. The molecule has 0 aromatic heterocycles. The molecule has 1 aromatic rings. The van der Waals surface area contributed by atoms with E-state index in [2.05, 4.69) is 6.08 Å². The lowest BCUT2D eigenvalue weighted by Gasteiger charge is -2.32. The largest absolute Gasteiger partial charge is 0.487 e. The van der Waals surface area contributed by atoms with Gasteiger partial charge in [-0.15, -0.1) is 0 Å². The Morgan fingerprint density at radius 1 is 1.00 bits per heavy atom. The minimum absolute atomic E-state index is 0.247. The summed E-state index contributed by atoms with van der Waals surface area (Å²) in [4.78, 5) is 11.8. The first-order valence-electron chi connectivity index (χ1n) is 9.73. The van der Waals surface area contributed by atoms with Crippen LogP contribution in [0.5, 0.6) is 0 Å². The average Bonchev–Trinajstić information content (AvgIpc) is 2.84. The molecule has 5 heteroatoms. The fourth-order valence-electron chi connectivity index (χ4n) is 2.66. The zero-order valence-electron chi connectivity index (χ0n) is 16.9. The molecule has 0 atom stereocenters. The standard InChI is InChI=1S/C22H31BO4/c1-21(2)22(3,4)27-23(26-21)17-13-8-6-5-7-9-14-18-25-20(24)19-15-11-10-12-16-19/h6,8,10-13,15-17H,5,7,9,14,18H2,1-4H3/b8-6+,17-13+. The molecule has 1 fully saturated rings. The van der Waals surface area contributed by atoms with Gasteiger partial charge in [-0.25, -0.2) is 4.79 Å². The molecule has 146 valence electrons. The number of carbonyl (C=O) groups excluding carboxylic acids is 1. The SMILES string of the molecule is CC1(C)OB(/C=C/C=C/CCCCCOC(=O)c2ccccc2)OC1(C)C. The lowest BCUT2D eigenvalue weighted by Crippen LogP contribution is -2.41. The van der Waals surface area contributed by atoms with Gasteiger partial charge in [-0.05, 0) is 65.5 Å². The van der Waals surface area contributed by atoms with Crippen LogP contribution in [0, 0.1) is 0 Å². The molecule has 27 heavy (non-hydrogen) atoms. The second-order valence-corrected chi connectivity index (χ2v) is 7.79. The Morgan fingerprint density at radius 3 is 2.33 bits per heavy atom. The first-order valence-corrected chi connectivity index (χ1v) is 9.73. The van der Waals surface area contributed by atoms with E-state index in [0.29, 0.717) is 12.2 Å². The van der Waals surface area contributed by atoms with Gasteiger partial charge in [-0.1, -0.05) is 42.4 Å². The number of esters is 1. The number of rotatable bonds is 9. The van der Waals surface area contributed by atoms with Crippen LogP contribution >= 0.6 is 0 Å². The smallest absolute Gasteiger partial charge is 0.462 e. The lowest BCUT2D eigenvalue weighted by atomic mass is 9.90. The highest BCUT2D eigenvalue weighted by Crippen LogP contribution is 2.36. The van der Waals surface area contributed by atoms with Crippen molar-refractivity contribution in [3.05, 3.63) is 60.1 Å². The molecule has 0 N–H and O–H groups in total. The van der Waals surface area contributed by atoms with Crippen molar-refractivity contribution in [1.29, 1.82) is 0 Å². The van der Waals surface area contributed by atoms with Crippen molar-refractivity contribution in [2.45, 2.75) is 64.6 Å². The molecule has 0 unspecified atom stereocenters. The molecule has 0 spiro atoms. The van der Waals surface area contributed by atoms with Crippen LogP contribution in [0.4, 0.5) is 0 Å². The maximum atomic E-state index is 11.8. The summed E-state index contributed by atoms with van der Waals surface area (Å²) in [7, 11) is -0.293. The number of unbranched alkanes of at least 4 members (excludes halogenated alkanes) is 3. The molecule has 1 aliphatic heterocycles. The molecule has 0 saturated carbocycles. The Balaban J connectivity index is 1.53. The summed E-state index contributed by atoms with van der Waals surface area (Å²) in [6, 6.07) is 9.09. The molecule has 2 rings (SSSR count). The summed E-state index contributed by atoms with van der Waals surface area (Å²) in [6.45, 7) is 8.67. The molecule has 0 radical (unpaired) electrons. The fourth-order valence-corrected chi connectivity index (χ4v) is 2.66. The van der Waals surface area contributed by atoms with Crippen LogP contribution in [0.1, 0.15) is 63.7 Å². The predicted octanol–water partition coefficient (Wildman–Crippen LogP) is 5.15. The van der Waals surface area contributed by atoms with Crippen molar-refractivity contribution in [2.24, 2.45) is 0 Å². The highest BCUT2D eigenvalue weighted by Gasteiger charge is 2.49. The van der Waals surface area contributed by atoms with Gasteiger partial charge in [0.05, 0.1) is 23.4 Å². The van der Waals surface area contributed by atoms with E-state index in [-0.39, 0.29) is 24.3 Å². The van der Waals surface area contributed by atoms with E-state index in [1.54, 1.807) is 12.1 Å². The van der Waals surface area contributed by atoms with Crippen molar-refractivity contribution in [1.82, 2.24) is 0 Å². The molecule has 4 nitrogen and oxygen atoms in total. The Labute approximate surface area is 163 Å². The highest BCUT2D eigenvalue weighted by atomic mass is 16.7. The fraction of sp³-hybridized carbons (Fsp3) is 0.500. The van der Waals surface area contributed by atoms with E-state index < -0.39 is 0 Å².